The topological polar surface area (TPSA) is 84.9 Å². The second-order valence-corrected chi connectivity index (χ2v) is 8.54. The van der Waals surface area contributed by atoms with Gasteiger partial charge in [-0.15, -0.1) is 0 Å². The second kappa shape index (κ2) is 10.6. The summed E-state index contributed by atoms with van der Waals surface area (Å²) in [7, 11) is -2.51. The third kappa shape index (κ3) is 5.98. The van der Waals surface area contributed by atoms with Crippen LogP contribution in [0.4, 0.5) is 10.1 Å². The Labute approximate surface area is 186 Å². The van der Waals surface area contributed by atoms with Crippen LogP contribution in [0, 0.1) is 5.82 Å². The smallest absolute Gasteiger partial charge is 0.264 e. The number of para-hydroxylation sites is 1. The van der Waals surface area contributed by atoms with E-state index in [4.69, 9.17) is 9.47 Å². The summed E-state index contributed by atoms with van der Waals surface area (Å²) in [4.78, 5) is 12.6. The van der Waals surface area contributed by atoms with Crippen molar-refractivity contribution in [3.8, 4) is 11.5 Å². The third-order valence-corrected chi connectivity index (χ3v) is 6.27. The number of carbonyl (C=O) groups is 1. The van der Waals surface area contributed by atoms with Crippen molar-refractivity contribution in [3.05, 3.63) is 84.7 Å². The summed E-state index contributed by atoms with van der Waals surface area (Å²) in [6, 6.07) is 19.8. The first-order chi connectivity index (χ1) is 15.4. The van der Waals surface area contributed by atoms with Gasteiger partial charge in [0.2, 0.25) is 5.91 Å². The Bertz CT molecular complexity index is 1120. The molecule has 0 aliphatic rings. The molecule has 1 N–H and O–H groups in total. The lowest BCUT2D eigenvalue weighted by atomic mass is 10.3. The molecule has 3 rings (SSSR count). The number of halogens is 1. The summed E-state index contributed by atoms with van der Waals surface area (Å²) in [5.74, 6) is 0.126. The average Bonchev–Trinajstić information content (AvgIpc) is 2.82. The molecule has 0 aliphatic heterocycles. The van der Waals surface area contributed by atoms with Crippen molar-refractivity contribution in [3.63, 3.8) is 0 Å². The number of anilines is 1. The van der Waals surface area contributed by atoms with Gasteiger partial charge in [0, 0.05) is 0 Å². The summed E-state index contributed by atoms with van der Waals surface area (Å²) in [5.41, 5.74) is 0.362. The second-order valence-electron chi connectivity index (χ2n) is 6.68. The zero-order valence-corrected chi connectivity index (χ0v) is 18.2. The number of rotatable bonds is 10. The van der Waals surface area contributed by atoms with E-state index >= 15 is 0 Å². The summed E-state index contributed by atoms with van der Waals surface area (Å²) >= 11 is 0. The van der Waals surface area contributed by atoms with Gasteiger partial charge in [0.05, 0.1) is 24.2 Å². The molecular weight excluding hydrogens is 435 g/mol. The van der Waals surface area contributed by atoms with Crippen LogP contribution in [0.3, 0.4) is 0 Å². The van der Waals surface area contributed by atoms with Gasteiger partial charge in [0.1, 0.15) is 30.5 Å². The van der Waals surface area contributed by atoms with Crippen LogP contribution in [0.1, 0.15) is 0 Å². The molecular formula is C23H23FN2O5S. The molecule has 0 unspecified atom stereocenters. The number of hydrogen-bond acceptors (Lipinski definition) is 5. The van der Waals surface area contributed by atoms with Crippen LogP contribution in [0.25, 0.3) is 0 Å². The van der Waals surface area contributed by atoms with Crippen molar-refractivity contribution in [2.24, 2.45) is 0 Å². The maximum Gasteiger partial charge on any atom is 0.264 e. The highest BCUT2D eigenvalue weighted by Crippen LogP contribution is 2.24. The van der Waals surface area contributed by atoms with Crippen molar-refractivity contribution in [2.45, 2.75) is 4.90 Å². The molecule has 0 heterocycles. The first-order valence-corrected chi connectivity index (χ1v) is 11.2. The van der Waals surface area contributed by atoms with Gasteiger partial charge < -0.3 is 14.8 Å². The highest BCUT2D eigenvalue weighted by molar-refractivity contribution is 7.92. The number of benzene rings is 3. The molecule has 0 radical (unpaired) electrons. The Kier molecular flexibility index (Phi) is 7.67. The lowest BCUT2D eigenvalue weighted by Gasteiger charge is -2.24. The fourth-order valence-corrected chi connectivity index (χ4v) is 4.28. The van der Waals surface area contributed by atoms with E-state index in [1.165, 1.54) is 43.5 Å². The van der Waals surface area contributed by atoms with E-state index in [0.717, 1.165) is 4.31 Å². The number of carbonyl (C=O) groups excluding carboxylic acids is 1. The van der Waals surface area contributed by atoms with Crippen LogP contribution < -0.4 is 19.1 Å². The van der Waals surface area contributed by atoms with Gasteiger partial charge >= 0.3 is 0 Å². The quantitative estimate of drug-likeness (QED) is 0.472. The van der Waals surface area contributed by atoms with Gasteiger partial charge in [-0.3, -0.25) is 9.10 Å². The highest BCUT2D eigenvalue weighted by atomic mass is 32.2. The van der Waals surface area contributed by atoms with Gasteiger partial charge in [0.15, 0.2) is 0 Å². The molecule has 0 saturated heterocycles. The third-order valence-electron chi connectivity index (χ3n) is 4.49. The monoisotopic (exact) mass is 458 g/mol. The molecule has 0 bridgehead atoms. The van der Waals surface area contributed by atoms with Crippen molar-refractivity contribution >= 4 is 21.6 Å². The standard InChI is InChI=1S/C23H23FN2O5S/c1-30-20-11-13-22(14-12-20)32(28,29)26(19-5-3-2-4-6-19)17-23(27)25-15-16-31-21-9-7-18(24)8-10-21/h2-14H,15-17H2,1H3,(H,25,27). The summed E-state index contributed by atoms with van der Waals surface area (Å²) in [5, 5.41) is 2.64. The first-order valence-electron chi connectivity index (χ1n) is 9.77. The van der Waals surface area contributed by atoms with Crippen molar-refractivity contribution in [1.82, 2.24) is 5.32 Å². The van der Waals surface area contributed by atoms with E-state index in [1.54, 1.807) is 42.5 Å². The molecule has 168 valence electrons. The fraction of sp³-hybridized carbons (Fsp3) is 0.174. The number of hydrogen-bond donors (Lipinski definition) is 1. The lowest BCUT2D eigenvalue weighted by Crippen LogP contribution is -2.41. The van der Waals surface area contributed by atoms with Gasteiger partial charge in [-0.1, -0.05) is 18.2 Å². The van der Waals surface area contributed by atoms with Crippen molar-refractivity contribution in [1.29, 1.82) is 0 Å². The predicted molar refractivity (Wildman–Crippen MR) is 119 cm³/mol. The maximum absolute atomic E-state index is 13.3. The minimum atomic E-state index is -4.00. The van der Waals surface area contributed by atoms with Gasteiger partial charge in [0.25, 0.3) is 10.0 Å². The number of ether oxygens (including phenoxy) is 2. The van der Waals surface area contributed by atoms with Crippen LogP contribution in [0.5, 0.6) is 11.5 Å². The van der Waals surface area contributed by atoms with Gasteiger partial charge in [-0.2, -0.15) is 0 Å². The van der Waals surface area contributed by atoms with Crippen LogP contribution in [0.15, 0.2) is 83.8 Å². The first kappa shape index (κ1) is 23.1. The van der Waals surface area contributed by atoms with Crippen molar-refractivity contribution in [2.75, 3.05) is 31.1 Å². The molecule has 1 amide bonds. The Hall–Kier alpha value is -3.59. The number of sulfonamides is 1. The van der Waals surface area contributed by atoms with E-state index in [9.17, 15) is 17.6 Å². The highest BCUT2D eigenvalue weighted by Gasteiger charge is 2.27. The SMILES string of the molecule is COc1ccc(S(=O)(=O)N(CC(=O)NCCOc2ccc(F)cc2)c2ccccc2)cc1. The number of nitrogens with one attached hydrogen (secondary N) is 1. The van der Waals surface area contributed by atoms with E-state index in [2.05, 4.69) is 5.32 Å². The van der Waals surface area contributed by atoms with E-state index in [-0.39, 0.29) is 23.9 Å². The summed E-state index contributed by atoms with van der Waals surface area (Å²) < 4.78 is 51.0. The molecule has 9 heteroatoms. The van der Waals surface area contributed by atoms with Crippen LogP contribution >= 0.6 is 0 Å². The largest absolute Gasteiger partial charge is 0.497 e. The molecule has 0 aromatic heterocycles. The Morgan fingerprint density at radius 2 is 1.56 bits per heavy atom. The summed E-state index contributed by atoms with van der Waals surface area (Å²) in [6.45, 7) is -0.107. The van der Waals surface area contributed by atoms with E-state index < -0.39 is 22.5 Å². The fourth-order valence-electron chi connectivity index (χ4n) is 2.86. The number of nitrogens with zero attached hydrogens (tertiary/aromatic N) is 1. The Morgan fingerprint density at radius 3 is 2.19 bits per heavy atom. The zero-order chi connectivity index (χ0) is 23.0. The molecule has 0 aliphatic carbocycles. The van der Waals surface area contributed by atoms with Gasteiger partial charge in [-0.25, -0.2) is 12.8 Å². The molecule has 3 aromatic rings. The predicted octanol–water partition coefficient (Wildman–Crippen LogP) is 3.22. The molecule has 3 aromatic carbocycles. The lowest BCUT2D eigenvalue weighted by molar-refractivity contribution is -0.119. The van der Waals surface area contributed by atoms with E-state index in [1.807, 2.05) is 0 Å². The Balaban J connectivity index is 1.67. The van der Waals surface area contributed by atoms with Crippen LogP contribution in [-0.2, 0) is 14.8 Å². The number of amides is 1. The molecule has 0 saturated carbocycles. The minimum Gasteiger partial charge on any atom is -0.497 e. The molecule has 7 nitrogen and oxygen atoms in total. The van der Waals surface area contributed by atoms with Gasteiger partial charge in [-0.05, 0) is 60.7 Å². The molecule has 0 atom stereocenters. The average molecular weight is 459 g/mol. The minimum absolute atomic E-state index is 0.0367. The van der Waals surface area contributed by atoms with Crippen LogP contribution in [-0.4, -0.2) is 41.1 Å². The number of methoxy groups -OCH3 is 1. The summed E-state index contributed by atoms with van der Waals surface area (Å²) in [6.07, 6.45) is 0. The zero-order valence-electron chi connectivity index (χ0n) is 17.4. The molecule has 0 fully saturated rings. The van der Waals surface area contributed by atoms with E-state index in [0.29, 0.717) is 17.2 Å². The van der Waals surface area contributed by atoms with Crippen LogP contribution in [0.2, 0.25) is 0 Å². The van der Waals surface area contributed by atoms with Crippen molar-refractivity contribution < 1.29 is 27.1 Å². The molecule has 0 spiro atoms. The molecule has 32 heavy (non-hydrogen) atoms. The Morgan fingerprint density at radius 1 is 0.938 bits per heavy atom. The maximum atomic E-state index is 13.3. The normalized spacial score (nSPS) is 10.9.